The van der Waals surface area contributed by atoms with Gasteiger partial charge in [0.2, 0.25) is 47.6 Å². The summed E-state index contributed by atoms with van der Waals surface area (Å²) in [5, 5.41) is 28.4. The lowest BCUT2D eigenvalue weighted by Crippen LogP contribution is -2.05. The minimum Gasteiger partial charge on any atom is -0.497 e. The minimum atomic E-state index is -4.42. The highest BCUT2D eigenvalue weighted by Crippen LogP contribution is 2.32. The van der Waals surface area contributed by atoms with Gasteiger partial charge >= 0.3 is 6.18 Å². The normalized spacial score (nSPS) is 10.7. The van der Waals surface area contributed by atoms with Crippen LogP contribution in [0.25, 0.3) is 23.3 Å². The van der Waals surface area contributed by atoms with Crippen LogP contribution in [-0.2, 0) is 6.18 Å². The molecule has 0 bridgehead atoms. The Bertz CT molecular complexity index is 4210. The number of benzene rings is 4. The van der Waals surface area contributed by atoms with E-state index in [-0.39, 0.29) is 47.1 Å². The van der Waals surface area contributed by atoms with Crippen molar-refractivity contribution in [1.29, 1.82) is 0 Å². The summed E-state index contributed by atoms with van der Waals surface area (Å²) in [6, 6.07) is 42.2. The van der Waals surface area contributed by atoms with Crippen LogP contribution in [0, 0.1) is 11.6 Å². The second kappa shape index (κ2) is 29.7. The van der Waals surface area contributed by atoms with E-state index in [1.807, 2.05) is 54.6 Å². The molecule has 0 amide bonds. The summed E-state index contributed by atoms with van der Waals surface area (Å²) in [7, 11) is 3.18. The molecule has 91 heavy (non-hydrogen) atoms. The summed E-state index contributed by atoms with van der Waals surface area (Å²) in [4.78, 5) is 32.9. The molecule has 0 fully saturated rings. The first-order valence-electron chi connectivity index (χ1n) is 27.2. The molecule has 12 aromatic rings. The third-order valence-electron chi connectivity index (χ3n) is 12.0. The van der Waals surface area contributed by atoms with Gasteiger partial charge < -0.3 is 58.4 Å². The number of unbranched alkanes of at least 4 members (excludes halogenated alkanes) is 1. The van der Waals surface area contributed by atoms with Crippen molar-refractivity contribution in [3.8, 4) is 40.5 Å². The zero-order valence-electron chi connectivity index (χ0n) is 48.5. The average molecular weight is 1250 g/mol. The summed E-state index contributed by atoms with van der Waals surface area (Å²) in [6.45, 7) is 2.87. The molecular weight excluding hydrogens is 1190 g/mol. The molecule has 8 aromatic heterocycles. The van der Waals surface area contributed by atoms with Gasteiger partial charge in [0.1, 0.15) is 28.9 Å². The molecule has 12 N–H and O–H groups in total. The summed E-state index contributed by atoms with van der Waals surface area (Å²) < 4.78 is 86.0. The van der Waals surface area contributed by atoms with E-state index in [2.05, 4.69) is 88.5 Å². The molecule has 466 valence electrons. The zero-order chi connectivity index (χ0) is 64.3. The number of nitrogens with one attached hydrogen (secondary N) is 4. The van der Waals surface area contributed by atoms with Crippen LogP contribution in [0.1, 0.15) is 25.3 Å². The van der Waals surface area contributed by atoms with Crippen LogP contribution >= 0.6 is 0 Å². The maximum absolute atomic E-state index is 13.1. The van der Waals surface area contributed by atoms with Crippen molar-refractivity contribution in [2.45, 2.75) is 25.9 Å². The maximum atomic E-state index is 13.1. The van der Waals surface area contributed by atoms with Gasteiger partial charge in [-0.2, -0.15) is 51.8 Å². The van der Waals surface area contributed by atoms with Crippen LogP contribution in [0.2, 0.25) is 0 Å². The van der Waals surface area contributed by atoms with Crippen molar-refractivity contribution in [3.63, 3.8) is 0 Å². The number of aromatic nitrogens is 16. The molecule has 27 nitrogen and oxygen atoms in total. The van der Waals surface area contributed by atoms with Gasteiger partial charge in [-0.1, -0.05) is 43.7 Å². The van der Waals surface area contributed by atoms with E-state index in [4.69, 9.17) is 37.1 Å². The van der Waals surface area contributed by atoms with Gasteiger partial charge in [0.25, 0.3) is 0 Å². The number of hydrogen-bond donors (Lipinski definition) is 8. The molecule has 0 aliphatic rings. The number of anilines is 12. The molecule has 12 rings (SSSR count). The Balaban J connectivity index is 0.000000144. The Hall–Kier alpha value is -12.5. The number of halogens is 5. The van der Waals surface area contributed by atoms with Crippen molar-refractivity contribution < 1.29 is 36.2 Å². The predicted molar refractivity (Wildman–Crippen MR) is 332 cm³/mol. The summed E-state index contributed by atoms with van der Waals surface area (Å²) in [5.74, 6) is 4.55. The van der Waals surface area contributed by atoms with Crippen molar-refractivity contribution in [3.05, 3.63) is 200 Å². The zero-order valence-corrected chi connectivity index (χ0v) is 48.5. The Kier molecular flexibility index (Phi) is 20.6. The number of nitrogens with zero attached hydrogens (tertiary/aromatic N) is 16. The van der Waals surface area contributed by atoms with E-state index in [9.17, 15) is 22.0 Å². The molecule has 0 saturated carbocycles. The number of nitrogens with two attached hydrogens (primary N) is 4. The monoisotopic (exact) mass is 1240 g/mol. The summed E-state index contributed by atoms with van der Waals surface area (Å²) in [5.41, 5.74) is 24.5. The predicted octanol–water partition coefficient (Wildman–Crippen LogP) is 10.4. The molecule has 0 saturated heterocycles. The van der Waals surface area contributed by atoms with E-state index < -0.39 is 23.4 Å². The molecule has 0 atom stereocenters. The third kappa shape index (κ3) is 17.6. The fourth-order valence-corrected chi connectivity index (χ4v) is 7.86. The van der Waals surface area contributed by atoms with Crippen molar-refractivity contribution in [1.82, 2.24) is 79.0 Å². The van der Waals surface area contributed by atoms with Gasteiger partial charge in [0.15, 0.2) is 23.3 Å². The quantitative estimate of drug-likeness (QED) is 0.0292. The number of methoxy groups -OCH3 is 2. The van der Waals surface area contributed by atoms with Gasteiger partial charge in [0.05, 0.1) is 26.4 Å². The van der Waals surface area contributed by atoms with E-state index in [1.54, 1.807) is 99.7 Å². The number of nitrogen functional groups attached to an aromatic ring is 4. The highest BCUT2D eigenvalue weighted by molar-refractivity contribution is 5.61. The van der Waals surface area contributed by atoms with Crippen LogP contribution in [0.3, 0.4) is 0 Å². The number of alkyl halides is 3. The Morgan fingerprint density at radius 1 is 0.418 bits per heavy atom. The number of hydrogen-bond acceptors (Lipinski definition) is 23. The smallest absolute Gasteiger partial charge is 0.416 e. The fraction of sp³-hybridized carbons (Fsp3) is 0.119. The SMILES string of the molecule is CCCCOc1ccc(Nc2nc(N)n(-c3ccccn3)n2)cc1.COc1cc(Nc2nc(N)n(-c3ccccn3)n2)cc(OC)c1.Nc1nc(Nc2cc(F)cc(F)c2)nn1-c1ccccn1.Nc1nc(Nc2cccc(C(F)(F)F)c2)nn1-c1ccccn1. The number of pyridine rings is 4. The third-order valence-corrected chi connectivity index (χ3v) is 12.0. The van der Waals surface area contributed by atoms with Crippen LogP contribution in [0.4, 0.5) is 92.3 Å². The lowest BCUT2D eigenvalue weighted by Gasteiger charge is -2.08. The van der Waals surface area contributed by atoms with E-state index in [0.717, 1.165) is 66.9 Å². The minimum absolute atomic E-state index is 0.0678. The first kappa shape index (κ1) is 63.0. The van der Waals surface area contributed by atoms with Gasteiger partial charge in [-0.15, -0.1) is 20.4 Å². The topological polar surface area (TPSA) is 354 Å². The largest absolute Gasteiger partial charge is 0.497 e. The van der Waals surface area contributed by atoms with E-state index >= 15 is 0 Å². The van der Waals surface area contributed by atoms with E-state index in [1.165, 1.54) is 30.9 Å². The number of rotatable bonds is 18. The highest BCUT2D eigenvalue weighted by atomic mass is 19.4. The fourth-order valence-electron chi connectivity index (χ4n) is 7.86. The second-order valence-corrected chi connectivity index (χ2v) is 18.6. The molecule has 8 heterocycles. The first-order chi connectivity index (χ1) is 44.0. The molecule has 4 aromatic carbocycles. The molecule has 0 aliphatic carbocycles. The van der Waals surface area contributed by atoms with Crippen LogP contribution in [0.5, 0.6) is 17.2 Å². The Morgan fingerprint density at radius 2 is 0.802 bits per heavy atom. The van der Waals surface area contributed by atoms with Crippen molar-refractivity contribution >= 4 is 70.3 Å². The highest BCUT2D eigenvalue weighted by Gasteiger charge is 2.30. The second-order valence-electron chi connectivity index (χ2n) is 18.6. The molecular formula is C59H57F5N24O3. The van der Waals surface area contributed by atoms with Gasteiger partial charge in [-0.3, -0.25) is 0 Å². The molecule has 32 heteroatoms. The van der Waals surface area contributed by atoms with E-state index in [0.29, 0.717) is 46.7 Å². The first-order valence-corrected chi connectivity index (χ1v) is 27.2. The van der Waals surface area contributed by atoms with Gasteiger partial charge in [-0.05, 0) is 110 Å². The Morgan fingerprint density at radius 3 is 1.16 bits per heavy atom. The standard InChI is InChI=1S/C17H20N6O.C15H16N6O2.C14H11F3N6.C13H10F2N6/c1-2-3-12-24-14-9-7-13(8-10-14)20-17-21-16(18)23(22-17)15-6-4-5-11-19-15;1-22-11-7-10(8-12(9-11)23-2)18-15-19-14(16)21(20-15)13-5-3-4-6-17-13;15-14(16,17)9-4-3-5-10(8-9)20-13-21-12(18)23(22-13)11-6-1-2-7-19-11;14-8-5-9(15)7-10(6-8)18-13-19-12(16)21(20-13)11-3-1-2-4-17-11/h4-11H,2-3,12H2,1H3,(H3,18,20,21,22);3-9H,1-2H3,(H3,16,18,19,20);1-8H,(H3,18,20,21,22);1-7H,(H3,16,18,19,20). The maximum Gasteiger partial charge on any atom is 0.416 e. The average Bonchev–Trinajstić information content (AvgIpc) is 2.32. The number of ether oxygens (including phenoxy) is 3. The lowest BCUT2D eigenvalue weighted by atomic mass is 10.2. The molecule has 0 unspecified atom stereocenters. The van der Waals surface area contributed by atoms with Gasteiger partial charge in [-0.25, -0.2) is 28.7 Å². The van der Waals surface area contributed by atoms with Crippen LogP contribution in [0.15, 0.2) is 183 Å². The van der Waals surface area contributed by atoms with Crippen LogP contribution in [-0.4, -0.2) is 99.8 Å². The summed E-state index contributed by atoms with van der Waals surface area (Å²) in [6.07, 6.45) is 4.25. The van der Waals surface area contributed by atoms with Gasteiger partial charge in [0, 0.05) is 71.8 Å². The van der Waals surface area contributed by atoms with Crippen molar-refractivity contribution in [2.75, 3.05) is 65.0 Å². The summed E-state index contributed by atoms with van der Waals surface area (Å²) >= 11 is 0. The molecule has 0 aliphatic heterocycles. The molecule has 0 radical (unpaired) electrons. The lowest BCUT2D eigenvalue weighted by molar-refractivity contribution is -0.137. The van der Waals surface area contributed by atoms with Crippen LogP contribution < -0.4 is 58.4 Å². The molecule has 0 spiro atoms. The Labute approximate surface area is 515 Å². The van der Waals surface area contributed by atoms with Crippen molar-refractivity contribution in [2.24, 2.45) is 0 Å².